The molecule has 1 aromatic heterocycles. The number of fused-ring (bicyclic) bond motifs is 1. The minimum atomic E-state index is 0.733. The fourth-order valence-corrected chi connectivity index (χ4v) is 3.83. The van der Waals surface area contributed by atoms with Gasteiger partial charge >= 0.3 is 0 Å². The number of unbranched alkanes of at least 4 members (excludes halogenated alkanes) is 1. The van der Waals surface area contributed by atoms with Gasteiger partial charge in [-0.15, -0.1) is 11.3 Å². The van der Waals surface area contributed by atoms with Crippen LogP contribution >= 0.6 is 11.3 Å². The van der Waals surface area contributed by atoms with Crippen LogP contribution in [0.25, 0.3) is 0 Å². The van der Waals surface area contributed by atoms with Gasteiger partial charge in [0.15, 0.2) is 5.13 Å². The quantitative estimate of drug-likeness (QED) is 0.863. The molecule has 0 saturated carbocycles. The maximum atomic E-state index is 5.79. The molecule has 21 heavy (non-hydrogen) atoms. The van der Waals surface area contributed by atoms with Crippen LogP contribution in [-0.2, 0) is 19.3 Å². The first-order valence-electron chi connectivity index (χ1n) is 7.81. The normalized spacial score (nSPS) is 15.6. The molecule has 0 aliphatic carbocycles. The summed E-state index contributed by atoms with van der Waals surface area (Å²) in [4.78, 5) is 8.43. The highest BCUT2D eigenvalue weighted by Crippen LogP contribution is 2.24. The summed E-state index contributed by atoms with van der Waals surface area (Å²) in [6.45, 7) is 3.48. The van der Waals surface area contributed by atoms with Crippen LogP contribution in [0.15, 0.2) is 30.3 Å². The van der Waals surface area contributed by atoms with Gasteiger partial charge in [-0.2, -0.15) is 0 Å². The summed E-state index contributed by atoms with van der Waals surface area (Å²) in [5.41, 5.74) is 8.49. The van der Waals surface area contributed by atoms with Crippen LogP contribution in [-0.4, -0.2) is 29.5 Å². The zero-order valence-electron chi connectivity index (χ0n) is 12.4. The number of benzene rings is 1. The van der Waals surface area contributed by atoms with E-state index >= 15 is 0 Å². The lowest BCUT2D eigenvalue weighted by atomic mass is 10.1. The predicted molar refractivity (Wildman–Crippen MR) is 89.8 cm³/mol. The highest BCUT2D eigenvalue weighted by molar-refractivity contribution is 7.15. The molecule has 2 N–H and O–H groups in total. The molecule has 112 valence electrons. The standard InChI is InChI=1S/C17H23N3S/c18-17-19-15-9-12-20(13-10-16(15)21-17)11-5-4-8-14-6-2-1-3-7-14/h1-3,6-7H,4-5,8-13H2,(H2,18,19). The molecule has 1 aliphatic rings. The van der Waals surface area contributed by atoms with Gasteiger partial charge in [-0.25, -0.2) is 4.98 Å². The van der Waals surface area contributed by atoms with Crippen LogP contribution < -0.4 is 5.73 Å². The number of nitrogen functional groups attached to an aromatic ring is 1. The van der Waals surface area contributed by atoms with E-state index in [1.54, 1.807) is 11.3 Å². The molecule has 4 heteroatoms. The Hall–Kier alpha value is -1.39. The van der Waals surface area contributed by atoms with Crippen molar-refractivity contribution >= 4 is 16.5 Å². The average molecular weight is 301 g/mol. The predicted octanol–water partition coefficient (Wildman–Crippen LogP) is 3.15. The maximum Gasteiger partial charge on any atom is 0.180 e. The van der Waals surface area contributed by atoms with Crippen molar-refractivity contribution in [3.05, 3.63) is 46.5 Å². The van der Waals surface area contributed by atoms with Crippen LogP contribution in [0.2, 0.25) is 0 Å². The van der Waals surface area contributed by atoms with Crippen LogP contribution in [0.5, 0.6) is 0 Å². The van der Waals surface area contributed by atoms with Crippen LogP contribution in [0, 0.1) is 0 Å². The van der Waals surface area contributed by atoms with E-state index in [9.17, 15) is 0 Å². The summed E-state index contributed by atoms with van der Waals surface area (Å²) in [6, 6.07) is 10.8. The number of nitrogens with two attached hydrogens (primary N) is 1. The van der Waals surface area contributed by atoms with Crippen molar-refractivity contribution in [2.45, 2.75) is 32.1 Å². The molecule has 1 aliphatic heterocycles. The van der Waals surface area contributed by atoms with Gasteiger partial charge in [0, 0.05) is 24.4 Å². The van der Waals surface area contributed by atoms with Gasteiger partial charge in [0.1, 0.15) is 0 Å². The first kappa shape index (κ1) is 14.5. The maximum absolute atomic E-state index is 5.79. The Morgan fingerprint density at radius 2 is 1.90 bits per heavy atom. The molecule has 3 nitrogen and oxygen atoms in total. The number of hydrogen-bond donors (Lipinski definition) is 1. The average Bonchev–Trinajstić information content (AvgIpc) is 2.76. The van der Waals surface area contributed by atoms with E-state index in [2.05, 4.69) is 40.2 Å². The Bertz CT molecular complexity index is 539. The fourth-order valence-electron chi connectivity index (χ4n) is 2.96. The van der Waals surface area contributed by atoms with Crippen LogP contribution in [0.3, 0.4) is 0 Å². The van der Waals surface area contributed by atoms with E-state index in [1.807, 2.05) is 0 Å². The highest BCUT2D eigenvalue weighted by atomic mass is 32.1. The Labute approximate surface area is 130 Å². The molecular formula is C17H23N3S. The number of rotatable bonds is 5. The van der Waals surface area contributed by atoms with E-state index in [4.69, 9.17) is 5.73 Å². The number of hydrogen-bond acceptors (Lipinski definition) is 4. The molecule has 3 rings (SSSR count). The van der Waals surface area contributed by atoms with Gasteiger partial charge in [-0.1, -0.05) is 30.3 Å². The van der Waals surface area contributed by atoms with Crippen molar-refractivity contribution in [3.8, 4) is 0 Å². The Kier molecular flexibility index (Phi) is 4.88. The summed E-state index contributed by atoms with van der Waals surface area (Å²) < 4.78 is 0. The lowest BCUT2D eigenvalue weighted by molar-refractivity contribution is 0.281. The Morgan fingerprint density at radius 1 is 1.10 bits per heavy atom. The summed E-state index contributed by atoms with van der Waals surface area (Å²) in [6.07, 6.45) is 5.91. The zero-order chi connectivity index (χ0) is 14.5. The van der Waals surface area contributed by atoms with Gasteiger partial charge in [0.2, 0.25) is 0 Å². The zero-order valence-corrected chi connectivity index (χ0v) is 13.2. The molecule has 0 amide bonds. The number of aryl methyl sites for hydroxylation is 1. The van der Waals surface area contributed by atoms with Gasteiger partial charge in [0.05, 0.1) is 5.69 Å². The van der Waals surface area contributed by atoms with E-state index in [0.717, 1.165) is 31.1 Å². The van der Waals surface area contributed by atoms with Crippen molar-refractivity contribution in [3.63, 3.8) is 0 Å². The third-order valence-corrected chi connectivity index (χ3v) is 5.13. The van der Waals surface area contributed by atoms with E-state index < -0.39 is 0 Å². The van der Waals surface area contributed by atoms with Gasteiger partial charge in [-0.3, -0.25) is 0 Å². The molecule has 2 heterocycles. The topological polar surface area (TPSA) is 42.1 Å². The second-order valence-corrected chi connectivity index (χ2v) is 6.82. The molecule has 0 radical (unpaired) electrons. The Balaban J connectivity index is 1.40. The molecule has 0 bridgehead atoms. The fraction of sp³-hybridized carbons (Fsp3) is 0.471. The van der Waals surface area contributed by atoms with Crippen LogP contribution in [0.1, 0.15) is 29.0 Å². The summed E-state index contributed by atoms with van der Waals surface area (Å²) in [7, 11) is 0. The molecule has 0 atom stereocenters. The molecular weight excluding hydrogens is 278 g/mol. The second kappa shape index (κ2) is 7.05. The third-order valence-electron chi connectivity index (χ3n) is 4.15. The molecule has 1 aromatic carbocycles. The first-order valence-corrected chi connectivity index (χ1v) is 8.63. The molecule has 0 fully saturated rings. The summed E-state index contributed by atoms with van der Waals surface area (Å²) in [5, 5.41) is 0.733. The molecule has 0 unspecified atom stereocenters. The minimum Gasteiger partial charge on any atom is -0.375 e. The highest BCUT2D eigenvalue weighted by Gasteiger charge is 2.16. The van der Waals surface area contributed by atoms with Crippen molar-refractivity contribution < 1.29 is 0 Å². The number of nitrogens with zero attached hydrogens (tertiary/aromatic N) is 2. The van der Waals surface area contributed by atoms with Crippen molar-refractivity contribution in [2.24, 2.45) is 0 Å². The van der Waals surface area contributed by atoms with E-state index in [0.29, 0.717) is 0 Å². The SMILES string of the molecule is Nc1nc2c(s1)CCN(CCCCc1ccccc1)CC2. The van der Waals surface area contributed by atoms with Gasteiger partial charge in [0.25, 0.3) is 0 Å². The Morgan fingerprint density at radius 3 is 2.76 bits per heavy atom. The van der Waals surface area contributed by atoms with Crippen molar-refractivity contribution in [1.82, 2.24) is 9.88 Å². The lowest BCUT2D eigenvalue weighted by Crippen LogP contribution is -2.27. The summed E-state index contributed by atoms with van der Waals surface area (Å²) in [5.74, 6) is 0. The van der Waals surface area contributed by atoms with E-state index in [-0.39, 0.29) is 0 Å². The summed E-state index contributed by atoms with van der Waals surface area (Å²) >= 11 is 1.67. The van der Waals surface area contributed by atoms with E-state index in [1.165, 1.54) is 41.9 Å². The molecule has 0 saturated heterocycles. The first-order chi connectivity index (χ1) is 10.3. The van der Waals surface area contributed by atoms with Crippen molar-refractivity contribution in [2.75, 3.05) is 25.4 Å². The number of anilines is 1. The van der Waals surface area contributed by atoms with Gasteiger partial charge < -0.3 is 10.6 Å². The van der Waals surface area contributed by atoms with Crippen molar-refractivity contribution in [1.29, 1.82) is 0 Å². The lowest BCUT2D eigenvalue weighted by Gasteiger charge is -2.19. The largest absolute Gasteiger partial charge is 0.375 e. The van der Waals surface area contributed by atoms with Gasteiger partial charge in [-0.05, 0) is 37.8 Å². The van der Waals surface area contributed by atoms with Crippen LogP contribution in [0.4, 0.5) is 5.13 Å². The third kappa shape index (κ3) is 4.05. The number of aromatic nitrogens is 1. The monoisotopic (exact) mass is 301 g/mol. The number of thiazole rings is 1. The minimum absolute atomic E-state index is 0.733. The molecule has 2 aromatic rings. The smallest absolute Gasteiger partial charge is 0.180 e. The molecule has 0 spiro atoms. The second-order valence-electron chi connectivity index (χ2n) is 5.71.